The van der Waals surface area contributed by atoms with Crippen molar-refractivity contribution < 1.29 is 0 Å². The molecule has 6 nitrogen and oxygen atoms in total. The standard InChI is InChI=1S/C8H8N6.ClH/c1-3-2-5-6(4(1)3)9-10-7(5)8-11-13-14-12-8;/h3-4H,1-2H2,(H,9,10)(H,11,12,13,14);1H. The van der Waals surface area contributed by atoms with Gasteiger partial charge in [0.15, 0.2) is 0 Å². The van der Waals surface area contributed by atoms with Gasteiger partial charge >= 0.3 is 0 Å². The lowest BCUT2D eigenvalue weighted by atomic mass is 10.1. The zero-order chi connectivity index (χ0) is 9.12. The molecule has 0 saturated heterocycles. The molecule has 0 aliphatic heterocycles. The fourth-order valence-electron chi connectivity index (χ4n) is 2.43. The van der Waals surface area contributed by atoms with Crippen LogP contribution in [0.25, 0.3) is 11.5 Å². The average Bonchev–Trinajstić information content (AvgIpc) is 2.63. The van der Waals surface area contributed by atoms with E-state index < -0.39 is 0 Å². The zero-order valence-corrected chi connectivity index (χ0v) is 8.58. The summed E-state index contributed by atoms with van der Waals surface area (Å²) in [5.41, 5.74) is 3.48. The minimum absolute atomic E-state index is 0. The summed E-state index contributed by atoms with van der Waals surface area (Å²) in [4.78, 5) is 0. The lowest BCUT2D eigenvalue weighted by Gasteiger charge is -1.93. The molecule has 2 aromatic rings. The molecule has 2 aliphatic rings. The fraction of sp³-hybridized carbons (Fsp3) is 0.500. The van der Waals surface area contributed by atoms with Gasteiger partial charge in [-0.2, -0.15) is 10.3 Å². The van der Waals surface area contributed by atoms with Gasteiger partial charge in [-0.05, 0) is 24.0 Å². The van der Waals surface area contributed by atoms with Crippen molar-refractivity contribution in [2.24, 2.45) is 5.92 Å². The van der Waals surface area contributed by atoms with Crippen LogP contribution in [0, 0.1) is 5.92 Å². The number of nitrogens with one attached hydrogen (secondary N) is 2. The number of aromatic nitrogens is 6. The molecular weight excluding hydrogens is 216 g/mol. The summed E-state index contributed by atoms with van der Waals surface area (Å²) in [6.07, 6.45) is 2.45. The molecule has 0 amide bonds. The van der Waals surface area contributed by atoms with Crippen molar-refractivity contribution in [2.75, 3.05) is 0 Å². The predicted octanol–water partition coefficient (Wildman–Crippen LogP) is 0.671. The summed E-state index contributed by atoms with van der Waals surface area (Å²) in [6.45, 7) is 0. The van der Waals surface area contributed by atoms with Crippen LogP contribution >= 0.6 is 12.4 Å². The van der Waals surface area contributed by atoms with Crippen LogP contribution in [0.2, 0.25) is 0 Å². The summed E-state index contributed by atoms with van der Waals surface area (Å²) in [5.74, 6) is 2.19. The van der Waals surface area contributed by atoms with Crippen LogP contribution in [0.15, 0.2) is 0 Å². The fourth-order valence-corrected chi connectivity index (χ4v) is 2.43. The van der Waals surface area contributed by atoms with Crippen LogP contribution in [-0.4, -0.2) is 30.8 Å². The highest BCUT2D eigenvalue weighted by Gasteiger charge is 2.48. The highest BCUT2D eigenvalue weighted by atomic mass is 35.5. The minimum Gasteiger partial charge on any atom is -0.281 e. The van der Waals surface area contributed by atoms with Crippen LogP contribution in [-0.2, 0) is 6.42 Å². The molecule has 0 bridgehead atoms. The van der Waals surface area contributed by atoms with Gasteiger partial charge in [-0.25, -0.2) is 0 Å². The van der Waals surface area contributed by atoms with E-state index in [1.807, 2.05) is 0 Å². The van der Waals surface area contributed by atoms with Crippen molar-refractivity contribution >= 4 is 12.4 Å². The number of tetrazole rings is 1. The second-order valence-electron chi connectivity index (χ2n) is 4.01. The highest BCUT2D eigenvalue weighted by molar-refractivity contribution is 5.85. The van der Waals surface area contributed by atoms with E-state index in [1.165, 1.54) is 17.7 Å². The topological polar surface area (TPSA) is 83.1 Å². The number of halogens is 1. The average molecular weight is 225 g/mol. The van der Waals surface area contributed by atoms with Crippen LogP contribution in [0.1, 0.15) is 23.6 Å². The van der Waals surface area contributed by atoms with Crippen LogP contribution in [0.4, 0.5) is 0 Å². The summed E-state index contributed by atoms with van der Waals surface area (Å²) in [5, 5.41) is 21.2. The Bertz CT molecular complexity index is 489. The Morgan fingerprint density at radius 2 is 2.20 bits per heavy atom. The van der Waals surface area contributed by atoms with Gasteiger partial charge in [0, 0.05) is 17.2 Å². The van der Waals surface area contributed by atoms with Gasteiger partial charge in [0.25, 0.3) is 0 Å². The highest BCUT2D eigenvalue weighted by Crippen LogP contribution is 2.56. The molecule has 0 spiro atoms. The van der Waals surface area contributed by atoms with E-state index in [0.29, 0.717) is 5.82 Å². The van der Waals surface area contributed by atoms with E-state index >= 15 is 0 Å². The number of hydrogen-bond acceptors (Lipinski definition) is 4. The summed E-state index contributed by atoms with van der Waals surface area (Å²) >= 11 is 0. The molecular formula is C8H9ClN6. The number of H-pyrrole nitrogens is 2. The number of aromatic amines is 2. The van der Waals surface area contributed by atoms with E-state index in [4.69, 9.17) is 0 Å². The number of fused-ring (bicyclic) bond motifs is 3. The molecule has 2 N–H and O–H groups in total. The SMILES string of the molecule is C1c2c(-c3nn[nH]n3)n[nH]c2C2CC12.Cl. The number of hydrogen-bond donors (Lipinski definition) is 2. The molecule has 2 unspecified atom stereocenters. The molecule has 15 heavy (non-hydrogen) atoms. The predicted molar refractivity (Wildman–Crippen MR) is 53.6 cm³/mol. The summed E-state index contributed by atoms with van der Waals surface area (Å²) in [7, 11) is 0. The maximum absolute atomic E-state index is 4.25. The maximum atomic E-state index is 4.25. The molecule has 7 heteroatoms. The Hall–Kier alpha value is -1.43. The molecule has 1 fully saturated rings. The van der Waals surface area contributed by atoms with E-state index in [-0.39, 0.29) is 12.4 Å². The Kier molecular flexibility index (Phi) is 1.64. The molecule has 2 atom stereocenters. The van der Waals surface area contributed by atoms with E-state index in [9.17, 15) is 0 Å². The molecule has 78 valence electrons. The van der Waals surface area contributed by atoms with Crippen LogP contribution in [0.3, 0.4) is 0 Å². The first-order chi connectivity index (χ1) is 6.93. The molecule has 0 aromatic carbocycles. The zero-order valence-electron chi connectivity index (χ0n) is 7.77. The van der Waals surface area contributed by atoms with Crippen molar-refractivity contribution in [3.05, 3.63) is 11.3 Å². The third-order valence-corrected chi connectivity index (χ3v) is 3.22. The Morgan fingerprint density at radius 1 is 1.27 bits per heavy atom. The molecule has 1 saturated carbocycles. The van der Waals surface area contributed by atoms with E-state index in [2.05, 4.69) is 30.8 Å². The van der Waals surface area contributed by atoms with Gasteiger partial charge in [-0.15, -0.1) is 22.6 Å². The summed E-state index contributed by atoms with van der Waals surface area (Å²) < 4.78 is 0. The first-order valence-corrected chi connectivity index (χ1v) is 4.74. The number of nitrogens with zero attached hydrogens (tertiary/aromatic N) is 4. The lowest BCUT2D eigenvalue weighted by molar-refractivity contribution is 0.841. The third-order valence-electron chi connectivity index (χ3n) is 3.22. The van der Waals surface area contributed by atoms with Crippen molar-refractivity contribution in [3.8, 4) is 11.5 Å². The van der Waals surface area contributed by atoms with Crippen molar-refractivity contribution in [3.63, 3.8) is 0 Å². The van der Waals surface area contributed by atoms with E-state index in [0.717, 1.165) is 24.0 Å². The smallest absolute Gasteiger partial charge is 0.225 e. The van der Waals surface area contributed by atoms with Gasteiger partial charge in [0.1, 0.15) is 5.69 Å². The number of rotatable bonds is 1. The minimum atomic E-state index is 0. The van der Waals surface area contributed by atoms with Crippen molar-refractivity contribution in [1.29, 1.82) is 0 Å². The third kappa shape index (κ3) is 1.05. The van der Waals surface area contributed by atoms with Gasteiger partial charge in [0.05, 0.1) is 0 Å². The lowest BCUT2D eigenvalue weighted by Crippen LogP contribution is -1.89. The Labute approximate surface area is 91.3 Å². The first-order valence-electron chi connectivity index (χ1n) is 4.74. The molecule has 2 aromatic heterocycles. The van der Waals surface area contributed by atoms with Gasteiger partial charge < -0.3 is 0 Å². The Balaban J connectivity index is 0.000000722. The van der Waals surface area contributed by atoms with Gasteiger partial charge in [0.2, 0.25) is 5.82 Å². The monoisotopic (exact) mass is 224 g/mol. The molecule has 0 radical (unpaired) electrons. The second kappa shape index (κ2) is 2.79. The molecule has 4 rings (SSSR count). The normalized spacial score (nSPS) is 25.6. The molecule has 2 heterocycles. The quantitative estimate of drug-likeness (QED) is 0.746. The first kappa shape index (κ1) is 8.84. The maximum Gasteiger partial charge on any atom is 0.225 e. The van der Waals surface area contributed by atoms with Gasteiger partial charge in [-0.1, -0.05) is 0 Å². The van der Waals surface area contributed by atoms with E-state index in [1.54, 1.807) is 0 Å². The van der Waals surface area contributed by atoms with Gasteiger partial charge in [-0.3, -0.25) is 5.10 Å². The van der Waals surface area contributed by atoms with Crippen LogP contribution in [0.5, 0.6) is 0 Å². The van der Waals surface area contributed by atoms with Crippen molar-refractivity contribution in [2.45, 2.75) is 18.8 Å². The van der Waals surface area contributed by atoms with Crippen molar-refractivity contribution in [1.82, 2.24) is 30.8 Å². The molecule has 2 aliphatic carbocycles. The second-order valence-corrected chi connectivity index (χ2v) is 4.01. The largest absolute Gasteiger partial charge is 0.281 e. The van der Waals surface area contributed by atoms with Crippen LogP contribution < -0.4 is 0 Å². The Morgan fingerprint density at radius 3 is 3.00 bits per heavy atom. The summed E-state index contributed by atoms with van der Waals surface area (Å²) in [6, 6.07) is 0.